The van der Waals surface area contributed by atoms with Crippen molar-refractivity contribution in [2.24, 2.45) is 5.73 Å². The number of nitrogens with one attached hydrogen (secondary N) is 1. The number of rotatable bonds is 9. The molecule has 186 valence electrons. The van der Waals surface area contributed by atoms with Gasteiger partial charge >= 0.3 is 0 Å². The highest BCUT2D eigenvalue weighted by atomic mass is 32.1. The second-order valence-electron chi connectivity index (χ2n) is 8.84. The number of alkyl halides is 2. The van der Waals surface area contributed by atoms with Crippen LogP contribution in [0.1, 0.15) is 69.5 Å². The zero-order chi connectivity index (χ0) is 24.5. The minimum atomic E-state index is -2.57. The van der Waals surface area contributed by atoms with Crippen LogP contribution < -0.4 is 20.5 Å². The normalized spacial score (nSPS) is 20.2. The van der Waals surface area contributed by atoms with E-state index in [1.165, 1.54) is 34.3 Å². The van der Waals surface area contributed by atoms with Gasteiger partial charge in [-0.25, -0.2) is 18.3 Å². The van der Waals surface area contributed by atoms with Gasteiger partial charge in [0.15, 0.2) is 4.88 Å². The maximum Gasteiger partial charge on any atom is 0.272 e. The number of pyridine rings is 1. The van der Waals surface area contributed by atoms with Gasteiger partial charge in [0.25, 0.3) is 18.2 Å². The first-order valence-electron chi connectivity index (χ1n) is 11.5. The second-order valence-corrected chi connectivity index (χ2v) is 9.88. The van der Waals surface area contributed by atoms with Crippen molar-refractivity contribution in [2.45, 2.75) is 63.0 Å². The second kappa shape index (κ2) is 9.76. The molecule has 0 atom stereocenters. The van der Waals surface area contributed by atoms with Gasteiger partial charge in [0.2, 0.25) is 5.88 Å². The van der Waals surface area contributed by atoms with Gasteiger partial charge in [-0.3, -0.25) is 9.59 Å². The Hall–Kier alpha value is -3.28. The zero-order valence-electron chi connectivity index (χ0n) is 18.8. The molecular weight excluding hydrogens is 480 g/mol. The number of hydrogen-bond donors (Lipinski definition) is 2. The van der Waals surface area contributed by atoms with Crippen LogP contribution in [0.3, 0.4) is 0 Å². The fourth-order valence-corrected chi connectivity index (χ4v) is 5.21. The molecule has 3 aromatic heterocycles. The van der Waals surface area contributed by atoms with Gasteiger partial charge < -0.3 is 20.5 Å². The van der Waals surface area contributed by atoms with E-state index in [2.05, 4.69) is 15.4 Å². The largest absolute Gasteiger partial charge is 0.486 e. The molecular formula is C23H25F2N5O4S. The number of nitrogens with two attached hydrogens (primary N) is 1. The molecule has 3 N–H and O–H groups in total. The average Bonchev–Trinajstić information content (AvgIpc) is 3.46. The lowest BCUT2D eigenvalue weighted by atomic mass is 9.92. The van der Waals surface area contributed by atoms with Crippen molar-refractivity contribution in [1.82, 2.24) is 19.9 Å². The van der Waals surface area contributed by atoms with Crippen LogP contribution in [0.5, 0.6) is 11.6 Å². The van der Waals surface area contributed by atoms with Gasteiger partial charge in [-0.1, -0.05) is 0 Å². The molecule has 0 aromatic carbocycles. The minimum Gasteiger partial charge on any atom is -0.486 e. The first-order chi connectivity index (χ1) is 16.9. The Morgan fingerprint density at radius 2 is 1.97 bits per heavy atom. The van der Waals surface area contributed by atoms with Gasteiger partial charge in [0.1, 0.15) is 23.5 Å². The number of amides is 2. The molecule has 35 heavy (non-hydrogen) atoms. The summed E-state index contributed by atoms with van der Waals surface area (Å²) in [6, 6.07) is 3.12. The number of thiazole rings is 1. The van der Waals surface area contributed by atoms with Crippen molar-refractivity contribution < 1.29 is 27.8 Å². The fourth-order valence-electron chi connectivity index (χ4n) is 4.19. The Morgan fingerprint density at radius 3 is 2.66 bits per heavy atom. The Bertz CT molecular complexity index is 1230. The van der Waals surface area contributed by atoms with E-state index in [0.717, 1.165) is 17.8 Å². The number of ether oxygens (including phenoxy) is 2. The third-order valence-electron chi connectivity index (χ3n) is 6.16. The van der Waals surface area contributed by atoms with E-state index in [-0.39, 0.29) is 23.8 Å². The zero-order valence-corrected chi connectivity index (χ0v) is 19.6. The summed E-state index contributed by atoms with van der Waals surface area (Å²) in [6.07, 6.45) is 5.24. The van der Waals surface area contributed by atoms with E-state index in [4.69, 9.17) is 15.2 Å². The van der Waals surface area contributed by atoms with Crippen LogP contribution >= 0.6 is 11.3 Å². The van der Waals surface area contributed by atoms with Crippen LogP contribution in [-0.2, 0) is 0 Å². The molecule has 9 nitrogen and oxygen atoms in total. The molecule has 0 bridgehead atoms. The van der Waals surface area contributed by atoms with Crippen molar-refractivity contribution in [3.63, 3.8) is 0 Å². The number of aromatic nitrogens is 3. The summed E-state index contributed by atoms with van der Waals surface area (Å²) in [7, 11) is 0. The summed E-state index contributed by atoms with van der Waals surface area (Å²) in [5, 5.41) is 8.10. The smallest absolute Gasteiger partial charge is 0.272 e. The number of fused-ring (bicyclic) bond motifs is 1. The predicted octanol–water partition coefficient (Wildman–Crippen LogP) is 3.53. The summed E-state index contributed by atoms with van der Waals surface area (Å²) in [5.41, 5.74) is 6.46. The van der Waals surface area contributed by atoms with Gasteiger partial charge in [-0.05, 0) is 50.7 Å². The van der Waals surface area contributed by atoms with Gasteiger partial charge in [0.05, 0.1) is 23.5 Å². The van der Waals surface area contributed by atoms with Crippen LogP contribution in [0.4, 0.5) is 8.78 Å². The van der Waals surface area contributed by atoms with Gasteiger partial charge in [0, 0.05) is 12.0 Å². The van der Waals surface area contributed by atoms with Crippen LogP contribution in [0.15, 0.2) is 24.5 Å². The van der Waals surface area contributed by atoms with Gasteiger partial charge in [-0.2, -0.15) is 5.10 Å². The molecule has 0 aliphatic heterocycles. The number of nitrogens with zero attached hydrogens (tertiary/aromatic N) is 3. The summed E-state index contributed by atoms with van der Waals surface area (Å²) in [6.45, 7) is -0.708. The summed E-state index contributed by atoms with van der Waals surface area (Å²) in [5.74, 6) is 0.218. The Kier molecular flexibility index (Phi) is 6.54. The topological polar surface area (TPSA) is 121 Å². The van der Waals surface area contributed by atoms with Crippen LogP contribution in [0, 0.1) is 0 Å². The number of hydrogen-bond acceptors (Lipinski definition) is 7. The first-order valence-corrected chi connectivity index (χ1v) is 12.4. The summed E-state index contributed by atoms with van der Waals surface area (Å²) >= 11 is 1.32. The monoisotopic (exact) mass is 505 g/mol. The van der Waals surface area contributed by atoms with Crippen LogP contribution in [0.2, 0.25) is 0 Å². The number of primary amides is 1. The van der Waals surface area contributed by atoms with Crippen molar-refractivity contribution in [2.75, 3.05) is 6.61 Å². The highest BCUT2D eigenvalue weighted by molar-refractivity contribution is 7.14. The molecule has 0 radical (unpaired) electrons. The highest BCUT2D eigenvalue weighted by Gasteiger charge is 2.32. The standard InChI is InChI=1S/C23H25F2N5O4S/c24-18(25)11-33-15-7-8-17-16(9-27-30(17)10-15)21(32)28-13-3-5-14(6-4-13)34-22-19(20(26)31)35-23(29-22)12-1-2-12/h7-10,12-14,18H,1-6,11H2,(H2,26,31)(H,28,32). The molecule has 2 aliphatic carbocycles. The number of halogens is 2. The molecule has 2 saturated carbocycles. The average molecular weight is 506 g/mol. The van der Waals surface area contributed by atoms with Crippen LogP contribution in [0.25, 0.3) is 5.52 Å². The summed E-state index contributed by atoms with van der Waals surface area (Å²) < 4.78 is 37.2. The first kappa shape index (κ1) is 23.5. The Balaban J connectivity index is 1.16. The van der Waals surface area contributed by atoms with E-state index in [0.29, 0.717) is 53.4 Å². The molecule has 3 aromatic rings. The van der Waals surface area contributed by atoms with E-state index in [1.54, 1.807) is 6.07 Å². The van der Waals surface area contributed by atoms with Crippen molar-refractivity contribution in [3.05, 3.63) is 40.0 Å². The molecule has 3 heterocycles. The highest BCUT2D eigenvalue weighted by Crippen LogP contribution is 2.44. The third kappa shape index (κ3) is 5.37. The number of carbonyl (C=O) groups is 2. The Labute approximate surface area is 203 Å². The lowest BCUT2D eigenvalue weighted by Crippen LogP contribution is -2.39. The molecule has 2 amide bonds. The van der Waals surface area contributed by atoms with E-state index in [1.807, 2.05) is 0 Å². The number of carbonyl (C=O) groups excluding carboxylic acids is 2. The molecule has 0 saturated heterocycles. The summed E-state index contributed by atoms with van der Waals surface area (Å²) in [4.78, 5) is 29.6. The Morgan fingerprint density at radius 1 is 1.20 bits per heavy atom. The molecule has 2 fully saturated rings. The van der Waals surface area contributed by atoms with E-state index >= 15 is 0 Å². The van der Waals surface area contributed by atoms with Crippen molar-refractivity contribution in [1.29, 1.82) is 0 Å². The van der Waals surface area contributed by atoms with Gasteiger partial charge in [-0.15, -0.1) is 11.3 Å². The minimum absolute atomic E-state index is 0.0287. The molecule has 5 rings (SSSR count). The van der Waals surface area contributed by atoms with E-state index in [9.17, 15) is 18.4 Å². The molecule has 0 spiro atoms. The SMILES string of the molecule is NC(=O)c1sc(C2CC2)nc1OC1CCC(NC(=O)c2cnn3cc(OCC(F)F)ccc23)CC1. The van der Waals surface area contributed by atoms with Crippen molar-refractivity contribution >= 4 is 28.7 Å². The lowest BCUT2D eigenvalue weighted by Gasteiger charge is -2.29. The fraction of sp³-hybridized carbons (Fsp3) is 0.478. The predicted molar refractivity (Wildman–Crippen MR) is 123 cm³/mol. The maximum atomic E-state index is 12.9. The van der Waals surface area contributed by atoms with Crippen LogP contribution in [-0.4, -0.2) is 51.6 Å². The third-order valence-corrected chi connectivity index (χ3v) is 7.37. The van der Waals surface area contributed by atoms with E-state index < -0.39 is 18.9 Å². The van der Waals surface area contributed by atoms with Crippen molar-refractivity contribution in [3.8, 4) is 11.6 Å². The maximum absolute atomic E-state index is 12.9. The lowest BCUT2D eigenvalue weighted by molar-refractivity contribution is 0.0816. The molecule has 0 unspecified atom stereocenters. The molecule has 2 aliphatic rings. The molecule has 12 heteroatoms. The quantitative estimate of drug-likeness (QED) is 0.459.